The van der Waals surface area contributed by atoms with E-state index in [9.17, 15) is 13.2 Å². The standard InChI is InChI=1S/C13H9ClF3NO2/c14-7-10-8-19-12(18-10)5-4-9-2-1-3-11(6-9)20-13(15,16)17/h1-6,8H,7H2/b5-4+. The van der Waals surface area contributed by atoms with E-state index in [1.54, 1.807) is 12.1 Å². The molecule has 1 aromatic carbocycles. The molecule has 0 radical (unpaired) electrons. The molecule has 20 heavy (non-hydrogen) atoms. The maximum Gasteiger partial charge on any atom is 0.573 e. The zero-order chi connectivity index (χ0) is 14.6. The molecule has 0 amide bonds. The fourth-order valence-corrected chi connectivity index (χ4v) is 1.57. The quantitative estimate of drug-likeness (QED) is 0.781. The molecule has 106 valence electrons. The summed E-state index contributed by atoms with van der Waals surface area (Å²) < 4.78 is 45.2. The Morgan fingerprint density at radius 3 is 2.75 bits per heavy atom. The van der Waals surface area contributed by atoms with Gasteiger partial charge in [0.1, 0.15) is 12.0 Å². The van der Waals surface area contributed by atoms with Gasteiger partial charge in [-0.1, -0.05) is 12.1 Å². The SMILES string of the molecule is FC(F)(F)Oc1cccc(/C=C/c2nc(CCl)co2)c1. The number of oxazole rings is 1. The predicted octanol–water partition coefficient (Wildman–Crippen LogP) is 4.48. The van der Waals surface area contributed by atoms with Crippen molar-refractivity contribution in [2.45, 2.75) is 12.2 Å². The molecule has 3 nitrogen and oxygen atoms in total. The minimum absolute atomic E-state index is 0.228. The van der Waals surface area contributed by atoms with Gasteiger partial charge >= 0.3 is 6.36 Å². The zero-order valence-electron chi connectivity index (χ0n) is 10.0. The average molecular weight is 304 g/mol. The third-order valence-electron chi connectivity index (χ3n) is 2.22. The molecule has 1 heterocycles. The number of rotatable bonds is 4. The van der Waals surface area contributed by atoms with Crippen LogP contribution in [0.1, 0.15) is 17.1 Å². The van der Waals surface area contributed by atoms with E-state index in [0.717, 1.165) is 0 Å². The van der Waals surface area contributed by atoms with Gasteiger partial charge in [-0.25, -0.2) is 4.98 Å². The van der Waals surface area contributed by atoms with Crippen molar-refractivity contribution in [2.24, 2.45) is 0 Å². The largest absolute Gasteiger partial charge is 0.573 e. The molecule has 0 aliphatic carbocycles. The molecule has 2 aromatic rings. The third kappa shape index (κ3) is 4.31. The van der Waals surface area contributed by atoms with Crippen LogP contribution in [0.3, 0.4) is 0 Å². The minimum atomic E-state index is -4.71. The van der Waals surface area contributed by atoms with Gasteiger partial charge in [0.25, 0.3) is 0 Å². The van der Waals surface area contributed by atoms with Crippen molar-refractivity contribution in [2.75, 3.05) is 0 Å². The molecule has 0 unspecified atom stereocenters. The number of ether oxygens (including phenoxy) is 1. The van der Waals surface area contributed by atoms with Crippen LogP contribution in [0.4, 0.5) is 13.2 Å². The molecule has 0 saturated heterocycles. The van der Waals surface area contributed by atoms with Crippen LogP contribution in [-0.4, -0.2) is 11.3 Å². The van der Waals surface area contributed by atoms with E-state index < -0.39 is 6.36 Å². The van der Waals surface area contributed by atoms with E-state index in [1.165, 1.54) is 30.5 Å². The Kier molecular flexibility index (Phi) is 4.34. The van der Waals surface area contributed by atoms with Crippen molar-refractivity contribution in [3.8, 4) is 5.75 Å². The Bertz CT molecular complexity index is 608. The summed E-state index contributed by atoms with van der Waals surface area (Å²) in [5.41, 5.74) is 1.11. The number of halogens is 4. The van der Waals surface area contributed by atoms with E-state index in [2.05, 4.69) is 9.72 Å². The lowest BCUT2D eigenvalue weighted by Gasteiger charge is -2.08. The van der Waals surface area contributed by atoms with Gasteiger partial charge in [-0.2, -0.15) is 0 Å². The molecule has 0 aliphatic heterocycles. The Balaban J connectivity index is 2.11. The fourth-order valence-electron chi connectivity index (χ4n) is 1.44. The highest BCUT2D eigenvalue weighted by Gasteiger charge is 2.30. The Hall–Kier alpha value is -1.95. The molecular weight excluding hydrogens is 295 g/mol. The summed E-state index contributed by atoms with van der Waals surface area (Å²) in [5.74, 6) is 0.267. The zero-order valence-corrected chi connectivity index (χ0v) is 10.8. The summed E-state index contributed by atoms with van der Waals surface area (Å²) >= 11 is 5.57. The number of hydrogen-bond donors (Lipinski definition) is 0. The topological polar surface area (TPSA) is 35.3 Å². The van der Waals surface area contributed by atoms with Crippen LogP contribution in [0.25, 0.3) is 12.2 Å². The highest BCUT2D eigenvalue weighted by molar-refractivity contribution is 6.16. The van der Waals surface area contributed by atoms with Crippen LogP contribution in [0.2, 0.25) is 0 Å². The molecule has 1 aromatic heterocycles. The first-order valence-corrected chi connectivity index (χ1v) is 6.04. The molecule has 0 aliphatic rings. The van der Waals surface area contributed by atoms with E-state index in [4.69, 9.17) is 16.0 Å². The van der Waals surface area contributed by atoms with E-state index in [1.807, 2.05) is 0 Å². The minimum Gasteiger partial charge on any atom is -0.445 e. The molecule has 0 bridgehead atoms. The lowest BCUT2D eigenvalue weighted by Crippen LogP contribution is -2.17. The van der Waals surface area contributed by atoms with Crippen molar-refractivity contribution in [3.63, 3.8) is 0 Å². The molecular formula is C13H9ClF3NO2. The fraction of sp³-hybridized carbons (Fsp3) is 0.154. The molecule has 0 N–H and O–H groups in total. The average Bonchev–Trinajstić information content (AvgIpc) is 2.83. The Morgan fingerprint density at radius 2 is 2.10 bits per heavy atom. The number of aromatic nitrogens is 1. The van der Waals surface area contributed by atoms with Crippen LogP contribution < -0.4 is 4.74 Å². The van der Waals surface area contributed by atoms with Gasteiger partial charge < -0.3 is 9.15 Å². The van der Waals surface area contributed by atoms with Gasteiger partial charge in [0.2, 0.25) is 5.89 Å². The van der Waals surface area contributed by atoms with E-state index >= 15 is 0 Å². The molecule has 0 atom stereocenters. The summed E-state index contributed by atoms with van der Waals surface area (Å²) in [6.07, 6.45) is -0.203. The van der Waals surface area contributed by atoms with Crippen molar-refractivity contribution in [3.05, 3.63) is 47.7 Å². The van der Waals surface area contributed by atoms with Crippen molar-refractivity contribution in [1.29, 1.82) is 0 Å². The van der Waals surface area contributed by atoms with Crippen LogP contribution in [-0.2, 0) is 5.88 Å². The maximum absolute atomic E-state index is 12.1. The van der Waals surface area contributed by atoms with Crippen LogP contribution in [0.5, 0.6) is 5.75 Å². The third-order valence-corrected chi connectivity index (χ3v) is 2.49. The predicted molar refractivity (Wildman–Crippen MR) is 68.1 cm³/mol. The Morgan fingerprint density at radius 1 is 1.30 bits per heavy atom. The van der Waals surface area contributed by atoms with E-state index in [-0.39, 0.29) is 11.6 Å². The van der Waals surface area contributed by atoms with Gasteiger partial charge in [-0.15, -0.1) is 24.8 Å². The maximum atomic E-state index is 12.1. The molecule has 0 spiro atoms. The van der Waals surface area contributed by atoms with Gasteiger partial charge in [0.15, 0.2) is 0 Å². The van der Waals surface area contributed by atoms with E-state index in [0.29, 0.717) is 17.1 Å². The smallest absolute Gasteiger partial charge is 0.445 e. The van der Waals surface area contributed by atoms with Crippen LogP contribution in [0, 0.1) is 0 Å². The normalized spacial score (nSPS) is 12.0. The van der Waals surface area contributed by atoms with Gasteiger partial charge in [-0.05, 0) is 23.8 Å². The van der Waals surface area contributed by atoms with Crippen molar-refractivity contribution >= 4 is 23.8 Å². The van der Waals surface area contributed by atoms with Crippen LogP contribution >= 0.6 is 11.6 Å². The number of benzene rings is 1. The highest BCUT2D eigenvalue weighted by Crippen LogP contribution is 2.24. The lowest BCUT2D eigenvalue weighted by molar-refractivity contribution is -0.274. The van der Waals surface area contributed by atoms with Gasteiger partial charge in [0, 0.05) is 6.08 Å². The van der Waals surface area contributed by atoms with Crippen LogP contribution in [0.15, 0.2) is 34.9 Å². The second kappa shape index (κ2) is 6.00. The number of hydrogen-bond acceptors (Lipinski definition) is 3. The second-order valence-electron chi connectivity index (χ2n) is 3.76. The monoisotopic (exact) mass is 303 g/mol. The number of nitrogens with zero attached hydrogens (tertiary/aromatic N) is 1. The van der Waals surface area contributed by atoms with Gasteiger partial charge in [0.05, 0.1) is 11.6 Å². The lowest BCUT2D eigenvalue weighted by atomic mass is 10.2. The first-order chi connectivity index (χ1) is 9.46. The number of alkyl halides is 4. The summed E-state index contributed by atoms with van der Waals surface area (Å²) in [5, 5.41) is 0. The first-order valence-electron chi connectivity index (χ1n) is 5.50. The molecule has 0 saturated carbocycles. The molecule has 2 rings (SSSR count). The van der Waals surface area contributed by atoms with Crippen molar-refractivity contribution in [1.82, 2.24) is 4.98 Å². The summed E-state index contributed by atoms with van der Waals surface area (Å²) in [7, 11) is 0. The van der Waals surface area contributed by atoms with Crippen molar-refractivity contribution < 1.29 is 22.3 Å². The highest BCUT2D eigenvalue weighted by atomic mass is 35.5. The Labute approximate surface area is 117 Å². The summed E-state index contributed by atoms with van der Waals surface area (Å²) in [6, 6.07) is 5.57. The summed E-state index contributed by atoms with van der Waals surface area (Å²) in [6.45, 7) is 0. The van der Waals surface area contributed by atoms with Gasteiger partial charge in [-0.3, -0.25) is 0 Å². The first kappa shape index (κ1) is 14.5. The second-order valence-corrected chi connectivity index (χ2v) is 4.03. The molecule has 7 heteroatoms. The summed E-state index contributed by atoms with van der Waals surface area (Å²) in [4.78, 5) is 4.03. The molecule has 0 fully saturated rings.